The molecule has 0 saturated carbocycles. The molecule has 6 nitrogen and oxygen atoms in total. The first-order valence-corrected chi connectivity index (χ1v) is 12.2. The molecule has 148 valence electrons. The van der Waals surface area contributed by atoms with Gasteiger partial charge in [-0.2, -0.15) is 0 Å². The number of carbonyl (C=O) groups is 2. The number of rotatable bonds is 6. The smallest absolute Gasteiger partial charge is 0.308 e. The van der Waals surface area contributed by atoms with Crippen LogP contribution in [-0.2, 0) is 9.59 Å². The van der Waals surface area contributed by atoms with Crippen molar-refractivity contribution in [2.75, 3.05) is 0 Å². The van der Waals surface area contributed by atoms with Crippen molar-refractivity contribution in [3.63, 3.8) is 0 Å². The monoisotopic (exact) mass is 400 g/mol. The van der Waals surface area contributed by atoms with Gasteiger partial charge in [0.1, 0.15) is 23.0 Å². The highest BCUT2D eigenvalue weighted by atomic mass is 28.4. The zero-order chi connectivity index (χ0) is 20.9. The summed E-state index contributed by atoms with van der Waals surface area (Å²) in [6.07, 6.45) is 3.39. The molecule has 0 heterocycles. The summed E-state index contributed by atoms with van der Waals surface area (Å²) in [6, 6.07) is 9.79. The maximum absolute atomic E-state index is 11.3. The standard InChI is InChI=1S/C21H24O6Si/c1-14(22)25-17-11-9-16(21(13-17)27-28(3,4)5)10-12-18-19(24)7-6-8-20(18)26-15(2)23/h6-13,24H,1-5H3. The van der Waals surface area contributed by atoms with Crippen LogP contribution in [0.1, 0.15) is 25.0 Å². The van der Waals surface area contributed by atoms with E-state index in [1.54, 1.807) is 42.5 Å². The van der Waals surface area contributed by atoms with Crippen LogP contribution in [0, 0.1) is 0 Å². The van der Waals surface area contributed by atoms with Crippen molar-refractivity contribution in [2.24, 2.45) is 0 Å². The molecular weight excluding hydrogens is 376 g/mol. The van der Waals surface area contributed by atoms with Gasteiger partial charge >= 0.3 is 11.9 Å². The number of esters is 2. The van der Waals surface area contributed by atoms with Crippen molar-refractivity contribution in [2.45, 2.75) is 33.5 Å². The van der Waals surface area contributed by atoms with Gasteiger partial charge in [-0.3, -0.25) is 9.59 Å². The quantitative estimate of drug-likeness (QED) is 0.330. The average Bonchev–Trinajstić information content (AvgIpc) is 2.53. The summed E-state index contributed by atoms with van der Waals surface area (Å²) in [7, 11) is -1.94. The molecule has 2 aromatic rings. The molecule has 28 heavy (non-hydrogen) atoms. The number of hydrogen-bond donors (Lipinski definition) is 1. The Labute approximate surface area is 165 Å². The number of benzene rings is 2. The Morgan fingerprint density at radius 3 is 2.21 bits per heavy atom. The molecular formula is C21H24O6Si. The summed E-state index contributed by atoms with van der Waals surface area (Å²) >= 11 is 0. The Morgan fingerprint density at radius 2 is 1.61 bits per heavy atom. The van der Waals surface area contributed by atoms with Crippen molar-refractivity contribution >= 4 is 32.4 Å². The Bertz CT molecular complexity index is 912. The van der Waals surface area contributed by atoms with E-state index < -0.39 is 20.3 Å². The van der Waals surface area contributed by atoms with Crippen LogP contribution in [0.5, 0.6) is 23.0 Å². The maximum atomic E-state index is 11.3. The molecule has 0 atom stereocenters. The molecule has 1 N–H and O–H groups in total. The summed E-state index contributed by atoms with van der Waals surface area (Å²) in [5, 5.41) is 10.2. The molecule has 0 spiro atoms. The topological polar surface area (TPSA) is 82.1 Å². The van der Waals surface area contributed by atoms with Crippen molar-refractivity contribution in [1.82, 2.24) is 0 Å². The first kappa shape index (κ1) is 21.2. The Morgan fingerprint density at radius 1 is 0.929 bits per heavy atom. The highest BCUT2D eigenvalue weighted by molar-refractivity contribution is 6.70. The minimum Gasteiger partial charge on any atom is -0.544 e. The fraction of sp³-hybridized carbons (Fsp3) is 0.238. The highest BCUT2D eigenvalue weighted by Gasteiger charge is 2.19. The van der Waals surface area contributed by atoms with Gasteiger partial charge in [-0.1, -0.05) is 12.1 Å². The first-order valence-electron chi connectivity index (χ1n) is 8.75. The summed E-state index contributed by atoms with van der Waals surface area (Å²) in [6.45, 7) is 8.76. The van der Waals surface area contributed by atoms with Gasteiger partial charge in [0, 0.05) is 25.5 Å². The van der Waals surface area contributed by atoms with Crippen molar-refractivity contribution in [1.29, 1.82) is 0 Å². The van der Waals surface area contributed by atoms with Gasteiger partial charge < -0.3 is 19.0 Å². The molecule has 0 unspecified atom stereocenters. The summed E-state index contributed by atoms with van der Waals surface area (Å²) in [5.74, 6) is 0.308. The molecule has 7 heteroatoms. The normalized spacial score (nSPS) is 11.3. The SMILES string of the molecule is CC(=O)Oc1ccc(C=Cc2c(O)cccc2OC(C)=O)c(O[Si](C)(C)C)c1. The molecule has 0 fully saturated rings. The van der Waals surface area contributed by atoms with Gasteiger partial charge in [-0.15, -0.1) is 0 Å². The van der Waals surface area contributed by atoms with Crippen LogP contribution >= 0.6 is 0 Å². The van der Waals surface area contributed by atoms with Gasteiger partial charge in [-0.25, -0.2) is 0 Å². The molecule has 0 aliphatic carbocycles. The third kappa shape index (κ3) is 6.28. The van der Waals surface area contributed by atoms with Crippen LogP contribution < -0.4 is 13.9 Å². The molecule has 0 bridgehead atoms. The predicted molar refractivity (Wildman–Crippen MR) is 110 cm³/mol. The zero-order valence-corrected chi connectivity index (χ0v) is 17.6. The number of aromatic hydroxyl groups is 1. The second-order valence-electron chi connectivity index (χ2n) is 7.12. The van der Waals surface area contributed by atoms with Crippen molar-refractivity contribution in [3.05, 3.63) is 47.5 Å². The van der Waals surface area contributed by atoms with E-state index in [4.69, 9.17) is 13.9 Å². The number of hydrogen-bond acceptors (Lipinski definition) is 6. The van der Waals surface area contributed by atoms with Crippen LogP contribution in [0.3, 0.4) is 0 Å². The molecule has 2 aromatic carbocycles. The predicted octanol–water partition coefficient (Wildman–Crippen LogP) is 4.63. The molecule has 0 saturated heterocycles. The van der Waals surface area contributed by atoms with E-state index in [-0.39, 0.29) is 11.5 Å². The van der Waals surface area contributed by atoms with E-state index in [0.29, 0.717) is 17.1 Å². The minimum atomic E-state index is -1.94. The Hall–Kier alpha value is -3.06. The third-order valence-electron chi connectivity index (χ3n) is 3.39. The van der Waals surface area contributed by atoms with E-state index in [1.165, 1.54) is 19.9 Å². The largest absolute Gasteiger partial charge is 0.544 e. The van der Waals surface area contributed by atoms with Gasteiger partial charge in [0.2, 0.25) is 8.32 Å². The lowest BCUT2D eigenvalue weighted by atomic mass is 10.1. The molecule has 0 amide bonds. The molecule has 2 rings (SSSR count). The number of phenols is 1. The van der Waals surface area contributed by atoms with Crippen LogP contribution in [0.2, 0.25) is 19.6 Å². The number of carbonyl (C=O) groups excluding carboxylic acids is 2. The lowest BCUT2D eigenvalue weighted by Gasteiger charge is -2.21. The summed E-state index contributed by atoms with van der Waals surface area (Å²) in [4.78, 5) is 22.5. The van der Waals surface area contributed by atoms with E-state index in [1.807, 2.05) is 19.6 Å². The Kier molecular flexibility index (Phi) is 6.64. The second kappa shape index (κ2) is 8.75. The van der Waals surface area contributed by atoms with E-state index in [2.05, 4.69) is 0 Å². The fourth-order valence-corrected chi connectivity index (χ4v) is 3.25. The van der Waals surface area contributed by atoms with Crippen LogP contribution in [-0.4, -0.2) is 25.4 Å². The highest BCUT2D eigenvalue weighted by Crippen LogP contribution is 2.33. The lowest BCUT2D eigenvalue weighted by molar-refractivity contribution is -0.132. The first-order chi connectivity index (χ1) is 13.0. The number of ether oxygens (including phenoxy) is 2. The van der Waals surface area contributed by atoms with Gasteiger partial charge in [0.15, 0.2) is 0 Å². The summed E-state index contributed by atoms with van der Waals surface area (Å²) in [5.41, 5.74) is 1.11. The van der Waals surface area contributed by atoms with E-state index >= 15 is 0 Å². The van der Waals surface area contributed by atoms with Crippen LogP contribution in [0.4, 0.5) is 0 Å². The van der Waals surface area contributed by atoms with Gasteiger partial charge in [0.05, 0.1) is 5.56 Å². The van der Waals surface area contributed by atoms with Crippen molar-refractivity contribution in [3.8, 4) is 23.0 Å². The van der Waals surface area contributed by atoms with Crippen molar-refractivity contribution < 1.29 is 28.6 Å². The van der Waals surface area contributed by atoms with Gasteiger partial charge in [0.25, 0.3) is 0 Å². The zero-order valence-electron chi connectivity index (χ0n) is 16.6. The number of phenolic OH excluding ortho intramolecular Hbond substituents is 1. The van der Waals surface area contributed by atoms with E-state index in [0.717, 1.165) is 5.56 Å². The van der Waals surface area contributed by atoms with Crippen LogP contribution in [0.15, 0.2) is 36.4 Å². The summed E-state index contributed by atoms with van der Waals surface area (Å²) < 4.78 is 16.4. The van der Waals surface area contributed by atoms with Crippen LogP contribution in [0.25, 0.3) is 12.2 Å². The maximum Gasteiger partial charge on any atom is 0.308 e. The lowest BCUT2D eigenvalue weighted by Crippen LogP contribution is -2.29. The van der Waals surface area contributed by atoms with Gasteiger partial charge in [-0.05, 0) is 50.0 Å². The Balaban J connectivity index is 2.45. The van der Waals surface area contributed by atoms with E-state index in [9.17, 15) is 14.7 Å². The molecule has 0 aliphatic rings. The minimum absolute atomic E-state index is 0.0146. The third-order valence-corrected chi connectivity index (χ3v) is 4.22. The molecule has 0 radical (unpaired) electrons. The second-order valence-corrected chi connectivity index (χ2v) is 11.6. The molecule has 0 aliphatic heterocycles. The average molecular weight is 401 g/mol. The molecule has 0 aromatic heterocycles. The fourth-order valence-electron chi connectivity index (χ4n) is 2.42.